The van der Waals surface area contributed by atoms with Gasteiger partial charge in [0.15, 0.2) is 0 Å². The van der Waals surface area contributed by atoms with Crippen LogP contribution in [0.4, 0.5) is 0 Å². The SMILES string of the molecule is C=CCC=C1CCC(=O)O1. The van der Waals surface area contributed by atoms with Gasteiger partial charge in [-0.05, 0) is 12.5 Å². The second kappa shape index (κ2) is 3.20. The van der Waals surface area contributed by atoms with E-state index in [4.69, 9.17) is 4.74 Å². The van der Waals surface area contributed by atoms with Crippen molar-refractivity contribution in [3.05, 3.63) is 24.5 Å². The molecule has 0 aromatic rings. The fourth-order valence-electron chi connectivity index (χ4n) is 0.832. The number of hydrogen-bond donors (Lipinski definition) is 0. The fourth-order valence-corrected chi connectivity index (χ4v) is 0.832. The average Bonchev–Trinajstić information content (AvgIpc) is 2.31. The first-order chi connectivity index (χ1) is 4.83. The first kappa shape index (κ1) is 7.06. The molecule has 0 amide bonds. The summed E-state index contributed by atoms with van der Waals surface area (Å²) in [5.74, 6) is 0.681. The highest BCUT2D eigenvalue weighted by Crippen LogP contribution is 2.17. The topological polar surface area (TPSA) is 26.3 Å². The minimum absolute atomic E-state index is 0.115. The van der Waals surface area contributed by atoms with Gasteiger partial charge >= 0.3 is 5.97 Å². The molecular formula is C8H10O2. The molecule has 1 aliphatic heterocycles. The minimum Gasteiger partial charge on any atom is -0.431 e. The number of carbonyl (C=O) groups is 1. The Balaban J connectivity index is 2.43. The van der Waals surface area contributed by atoms with Crippen LogP contribution in [0.15, 0.2) is 24.5 Å². The van der Waals surface area contributed by atoms with Crippen LogP contribution in [0.5, 0.6) is 0 Å². The van der Waals surface area contributed by atoms with Gasteiger partial charge in [0.1, 0.15) is 5.76 Å². The Morgan fingerprint density at radius 3 is 2.90 bits per heavy atom. The van der Waals surface area contributed by atoms with Crippen LogP contribution in [0.1, 0.15) is 19.3 Å². The van der Waals surface area contributed by atoms with Crippen molar-refractivity contribution >= 4 is 5.97 Å². The maximum absolute atomic E-state index is 10.5. The van der Waals surface area contributed by atoms with Crippen molar-refractivity contribution in [1.29, 1.82) is 0 Å². The van der Waals surface area contributed by atoms with Gasteiger partial charge in [0.25, 0.3) is 0 Å². The molecule has 1 heterocycles. The van der Waals surface area contributed by atoms with Crippen molar-refractivity contribution < 1.29 is 9.53 Å². The van der Waals surface area contributed by atoms with E-state index in [0.29, 0.717) is 6.42 Å². The number of allylic oxidation sites excluding steroid dienone is 3. The second-order valence-corrected chi connectivity index (χ2v) is 2.17. The second-order valence-electron chi connectivity index (χ2n) is 2.17. The number of rotatable bonds is 2. The summed E-state index contributed by atoms with van der Waals surface area (Å²) in [6.07, 6.45) is 5.73. The third-order valence-corrected chi connectivity index (χ3v) is 1.33. The Hall–Kier alpha value is -1.05. The highest BCUT2D eigenvalue weighted by Gasteiger charge is 2.15. The van der Waals surface area contributed by atoms with Crippen molar-refractivity contribution in [3.8, 4) is 0 Å². The van der Waals surface area contributed by atoms with Crippen LogP contribution in [-0.2, 0) is 9.53 Å². The van der Waals surface area contributed by atoms with Crippen LogP contribution in [0.3, 0.4) is 0 Å². The highest BCUT2D eigenvalue weighted by molar-refractivity contribution is 5.73. The van der Waals surface area contributed by atoms with Crippen LogP contribution in [0, 0.1) is 0 Å². The number of hydrogen-bond acceptors (Lipinski definition) is 2. The summed E-state index contributed by atoms with van der Waals surface area (Å²) in [5.41, 5.74) is 0. The van der Waals surface area contributed by atoms with Crippen molar-refractivity contribution in [2.75, 3.05) is 0 Å². The molecule has 0 saturated carbocycles. The molecule has 1 saturated heterocycles. The minimum atomic E-state index is -0.115. The van der Waals surface area contributed by atoms with Crippen molar-refractivity contribution in [2.24, 2.45) is 0 Å². The lowest BCUT2D eigenvalue weighted by Gasteiger charge is -1.91. The zero-order valence-corrected chi connectivity index (χ0v) is 5.80. The Morgan fingerprint density at radius 1 is 1.60 bits per heavy atom. The van der Waals surface area contributed by atoms with Gasteiger partial charge in [0, 0.05) is 6.42 Å². The molecule has 2 heteroatoms. The molecule has 0 N–H and O–H groups in total. The maximum Gasteiger partial charge on any atom is 0.311 e. The van der Waals surface area contributed by atoms with E-state index in [1.54, 1.807) is 6.08 Å². The van der Waals surface area contributed by atoms with E-state index < -0.39 is 0 Å². The summed E-state index contributed by atoms with van der Waals surface area (Å²) in [6, 6.07) is 0. The molecule has 1 rings (SSSR count). The summed E-state index contributed by atoms with van der Waals surface area (Å²) in [5, 5.41) is 0. The zero-order valence-electron chi connectivity index (χ0n) is 5.80. The van der Waals surface area contributed by atoms with Crippen LogP contribution < -0.4 is 0 Å². The first-order valence-corrected chi connectivity index (χ1v) is 3.33. The van der Waals surface area contributed by atoms with E-state index in [1.165, 1.54) is 0 Å². The van der Waals surface area contributed by atoms with Gasteiger partial charge in [-0.2, -0.15) is 0 Å². The van der Waals surface area contributed by atoms with Crippen LogP contribution in [-0.4, -0.2) is 5.97 Å². The van der Waals surface area contributed by atoms with E-state index in [-0.39, 0.29) is 5.97 Å². The molecule has 0 spiro atoms. The number of cyclic esters (lactones) is 1. The quantitative estimate of drug-likeness (QED) is 0.429. The summed E-state index contributed by atoms with van der Waals surface area (Å²) in [4.78, 5) is 10.5. The lowest BCUT2D eigenvalue weighted by molar-refractivity contribution is -0.135. The smallest absolute Gasteiger partial charge is 0.311 e. The molecule has 0 unspecified atom stereocenters. The van der Waals surface area contributed by atoms with Crippen LogP contribution >= 0.6 is 0 Å². The Morgan fingerprint density at radius 2 is 2.40 bits per heavy atom. The van der Waals surface area contributed by atoms with Crippen molar-refractivity contribution in [3.63, 3.8) is 0 Å². The summed E-state index contributed by atoms with van der Waals surface area (Å²) >= 11 is 0. The summed E-state index contributed by atoms with van der Waals surface area (Å²) < 4.78 is 4.84. The monoisotopic (exact) mass is 138 g/mol. The van der Waals surface area contributed by atoms with Crippen LogP contribution in [0.2, 0.25) is 0 Å². The van der Waals surface area contributed by atoms with E-state index in [2.05, 4.69) is 6.58 Å². The molecular weight excluding hydrogens is 128 g/mol. The lowest BCUT2D eigenvalue weighted by atomic mass is 10.3. The highest BCUT2D eigenvalue weighted by atomic mass is 16.5. The molecule has 0 bridgehead atoms. The molecule has 0 atom stereocenters. The van der Waals surface area contributed by atoms with Gasteiger partial charge in [0.2, 0.25) is 0 Å². The molecule has 0 aromatic carbocycles. The molecule has 0 aliphatic carbocycles. The predicted octanol–water partition coefficient (Wildman–Crippen LogP) is 1.78. The van der Waals surface area contributed by atoms with Crippen LogP contribution in [0.25, 0.3) is 0 Å². The van der Waals surface area contributed by atoms with Crippen molar-refractivity contribution in [2.45, 2.75) is 19.3 Å². The third kappa shape index (κ3) is 1.72. The molecule has 54 valence electrons. The van der Waals surface area contributed by atoms with Gasteiger partial charge in [0.05, 0.1) is 6.42 Å². The molecule has 0 radical (unpaired) electrons. The zero-order chi connectivity index (χ0) is 7.40. The number of ether oxygens (including phenoxy) is 1. The van der Waals surface area contributed by atoms with Gasteiger partial charge in [-0.3, -0.25) is 4.79 Å². The van der Waals surface area contributed by atoms with Gasteiger partial charge in [-0.1, -0.05) is 6.08 Å². The van der Waals surface area contributed by atoms with E-state index in [1.807, 2.05) is 6.08 Å². The lowest BCUT2D eigenvalue weighted by Crippen LogP contribution is -1.88. The predicted molar refractivity (Wildman–Crippen MR) is 38.2 cm³/mol. The Bertz CT molecular complexity index is 180. The average molecular weight is 138 g/mol. The normalized spacial score (nSPS) is 21.2. The third-order valence-electron chi connectivity index (χ3n) is 1.33. The van der Waals surface area contributed by atoms with E-state index in [9.17, 15) is 4.79 Å². The van der Waals surface area contributed by atoms with E-state index >= 15 is 0 Å². The largest absolute Gasteiger partial charge is 0.431 e. The molecule has 1 fully saturated rings. The standard InChI is InChI=1S/C8H10O2/c1-2-3-4-7-5-6-8(9)10-7/h2,4H,1,3,5-6H2. The van der Waals surface area contributed by atoms with Gasteiger partial charge in [-0.15, -0.1) is 6.58 Å². The number of esters is 1. The summed E-state index contributed by atoms with van der Waals surface area (Å²) in [6.45, 7) is 3.56. The molecule has 2 nitrogen and oxygen atoms in total. The Kier molecular flexibility index (Phi) is 2.26. The summed E-state index contributed by atoms with van der Waals surface area (Å²) in [7, 11) is 0. The van der Waals surface area contributed by atoms with Gasteiger partial charge in [-0.25, -0.2) is 0 Å². The first-order valence-electron chi connectivity index (χ1n) is 3.33. The number of carbonyl (C=O) groups excluding carboxylic acids is 1. The Labute approximate surface area is 60.2 Å². The van der Waals surface area contributed by atoms with Crippen molar-refractivity contribution in [1.82, 2.24) is 0 Å². The maximum atomic E-state index is 10.5. The molecule has 10 heavy (non-hydrogen) atoms. The van der Waals surface area contributed by atoms with E-state index in [0.717, 1.165) is 18.6 Å². The molecule has 1 aliphatic rings. The van der Waals surface area contributed by atoms with Gasteiger partial charge < -0.3 is 4.74 Å². The fraction of sp³-hybridized carbons (Fsp3) is 0.375. The molecule has 0 aromatic heterocycles.